The quantitative estimate of drug-likeness (QED) is 0.192. The van der Waals surface area contributed by atoms with Gasteiger partial charge >= 0.3 is 6.03 Å². The second-order valence-electron chi connectivity index (χ2n) is 9.44. The predicted octanol–water partition coefficient (Wildman–Crippen LogP) is 5.19. The molecular weight excluding hydrogens is 536 g/mol. The first-order valence-electron chi connectivity index (χ1n) is 12.9. The summed E-state index contributed by atoms with van der Waals surface area (Å²) in [5, 5.41) is 6.24. The molecule has 6 rings (SSSR count). The molecule has 0 saturated heterocycles. The summed E-state index contributed by atoms with van der Waals surface area (Å²) in [6, 6.07) is 16.8. The molecule has 0 unspecified atom stereocenters. The molecule has 0 spiro atoms. The van der Waals surface area contributed by atoms with Gasteiger partial charge in [-0.3, -0.25) is 19.4 Å². The number of nitrogens with one attached hydrogen (secondary N) is 3. The van der Waals surface area contributed by atoms with Crippen LogP contribution < -0.4 is 20.9 Å². The number of hydrogen-bond donors (Lipinski definition) is 3. The van der Waals surface area contributed by atoms with Gasteiger partial charge in [0.1, 0.15) is 11.4 Å². The Hall–Kier alpha value is -5.81. The number of hydrogen-bond acceptors (Lipinski definition) is 7. The summed E-state index contributed by atoms with van der Waals surface area (Å²) in [7, 11) is 3.25. The first-order valence-corrected chi connectivity index (χ1v) is 12.9. The fourth-order valence-electron chi connectivity index (χ4n) is 4.78. The normalized spacial score (nSPS) is 13.1. The number of aryl methyl sites for hydroxylation is 1. The van der Waals surface area contributed by atoms with E-state index >= 15 is 0 Å². The monoisotopic (exact) mass is 560 g/mol. The number of ether oxygens (including phenoxy) is 1. The van der Waals surface area contributed by atoms with Gasteiger partial charge in [-0.2, -0.15) is 0 Å². The van der Waals surface area contributed by atoms with Crippen LogP contribution in [0.2, 0.25) is 0 Å². The SMILES string of the molecule is CONC(=O)c1ccc(-c2ccnc3c2c(/C=C2\Oc4ccc(NC(=O)Nc5cccnc5)cc4C2=O)cn3C)cc1. The van der Waals surface area contributed by atoms with Crippen molar-refractivity contribution in [2.75, 3.05) is 17.7 Å². The van der Waals surface area contributed by atoms with Gasteiger partial charge in [0.25, 0.3) is 5.91 Å². The number of benzene rings is 2. The standard InChI is InChI=1S/C31H24N6O5/c1-37-17-20(27-23(11-13-33-29(27)37)18-5-7-19(8-6-18)30(39)36-41-2)14-26-28(38)24-15-21(9-10-25(24)42-26)34-31(40)35-22-4-3-12-32-16-22/h3-17H,1-2H3,(H,36,39)(H2,34,35,40)/b26-14-. The van der Waals surface area contributed by atoms with Gasteiger partial charge in [-0.25, -0.2) is 15.3 Å². The Bertz CT molecular complexity index is 1880. The highest BCUT2D eigenvalue weighted by molar-refractivity contribution is 6.16. The summed E-state index contributed by atoms with van der Waals surface area (Å²) >= 11 is 0. The number of carbonyl (C=O) groups is 3. The summed E-state index contributed by atoms with van der Waals surface area (Å²) in [4.78, 5) is 51.1. The molecule has 208 valence electrons. The fourth-order valence-corrected chi connectivity index (χ4v) is 4.78. The van der Waals surface area contributed by atoms with Crippen LogP contribution in [0.15, 0.2) is 91.2 Å². The van der Waals surface area contributed by atoms with Crippen LogP contribution in [0.1, 0.15) is 26.3 Å². The van der Waals surface area contributed by atoms with Crippen LogP contribution >= 0.6 is 0 Å². The molecule has 5 aromatic rings. The van der Waals surface area contributed by atoms with E-state index in [0.29, 0.717) is 28.3 Å². The first kappa shape index (κ1) is 26.4. The third kappa shape index (κ3) is 5.07. The largest absolute Gasteiger partial charge is 0.452 e. The van der Waals surface area contributed by atoms with Gasteiger partial charge in [0, 0.05) is 47.8 Å². The van der Waals surface area contributed by atoms with Gasteiger partial charge in [0.05, 0.1) is 24.6 Å². The number of amides is 3. The van der Waals surface area contributed by atoms with E-state index in [1.165, 1.54) is 13.3 Å². The van der Waals surface area contributed by atoms with Crippen LogP contribution in [0.25, 0.3) is 28.2 Å². The Balaban J connectivity index is 1.28. The number of rotatable bonds is 6. The molecule has 42 heavy (non-hydrogen) atoms. The van der Waals surface area contributed by atoms with Gasteiger partial charge in [-0.1, -0.05) is 12.1 Å². The summed E-state index contributed by atoms with van der Waals surface area (Å²) in [5.41, 5.74) is 7.27. The van der Waals surface area contributed by atoms with Gasteiger partial charge in [-0.15, -0.1) is 0 Å². The van der Waals surface area contributed by atoms with Crippen molar-refractivity contribution in [1.29, 1.82) is 0 Å². The molecule has 0 saturated carbocycles. The zero-order chi connectivity index (χ0) is 29.2. The van der Waals surface area contributed by atoms with E-state index in [4.69, 9.17) is 9.57 Å². The number of urea groups is 1. The molecule has 11 heteroatoms. The van der Waals surface area contributed by atoms with Crippen molar-refractivity contribution in [2.24, 2.45) is 7.05 Å². The van der Waals surface area contributed by atoms with E-state index in [9.17, 15) is 14.4 Å². The molecule has 0 aliphatic carbocycles. The summed E-state index contributed by atoms with van der Waals surface area (Å²) < 4.78 is 7.81. The van der Waals surface area contributed by atoms with E-state index in [0.717, 1.165) is 27.7 Å². The number of nitrogens with zero attached hydrogens (tertiary/aromatic N) is 3. The lowest BCUT2D eigenvalue weighted by molar-refractivity contribution is 0.0537. The summed E-state index contributed by atoms with van der Waals surface area (Å²) in [5.74, 6) is -0.112. The van der Waals surface area contributed by atoms with Gasteiger partial charge in [0.2, 0.25) is 5.78 Å². The molecule has 11 nitrogen and oxygen atoms in total. The molecule has 0 fully saturated rings. The van der Waals surface area contributed by atoms with Crippen LogP contribution in [0, 0.1) is 0 Å². The number of fused-ring (bicyclic) bond motifs is 2. The highest BCUT2D eigenvalue weighted by atomic mass is 16.6. The smallest absolute Gasteiger partial charge is 0.323 e. The minimum absolute atomic E-state index is 0.149. The highest BCUT2D eigenvalue weighted by Crippen LogP contribution is 2.37. The maximum atomic E-state index is 13.4. The van der Waals surface area contributed by atoms with Crippen molar-refractivity contribution in [1.82, 2.24) is 20.0 Å². The Morgan fingerprint density at radius 1 is 0.976 bits per heavy atom. The second-order valence-corrected chi connectivity index (χ2v) is 9.44. The van der Waals surface area contributed by atoms with Crippen molar-refractivity contribution in [2.45, 2.75) is 0 Å². The van der Waals surface area contributed by atoms with Crippen LogP contribution in [-0.2, 0) is 11.9 Å². The lowest BCUT2D eigenvalue weighted by Crippen LogP contribution is -2.21. The predicted molar refractivity (Wildman–Crippen MR) is 157 cm³/mol. The summed E-state index contributed by atoms with van der Waals surface area (Å²) in [6.45, 7) is 0. The lowest BCUT2D eigenvalue weighted by atomic mass is 9.99. The second kappa shape index (κ2) is 11.0. The number of carbonyl (C=O) groups excluding carboxylic acids is 3. The minimum atomic E-state index is -0.465. The van der Waals surface area contributed by atoms with E-state index in [1.807, 2.05) is 36.0 Å². The lowest BCUT2D eigenvalue weighted by Gasteiger charge is -2.08. The topological polar surface area (TPSA) is 136 Å². The average Bonchev–Trinajstić information content (AvgIpc) is 3.49. The van der Waals surface area contributed by atoms with Crippen molar-refractivity contribution < 1.29 is 24.0 Å². The number of hydroxylamine groups is 1. The summed E-state index contributed by atoms with van der Waals surface area (Å²) in [6.07, 6.45) is 8.43. The van der Waals surface area contributed by atoms with Gasteiger partial charge in [-0.05, 0) is 65.7 Å². The molecule has 3 N–H and O–H groups in total. The van der Waals surface area contributed by atoms with Gasteiger partial charge in [0.15, 0.2) is 5.76 Å². The zero-order valence-corrected chi connectivity index (χ0v) is 22.5. The highest BCUT2D eigenvalue weighted by Gasteiger charge is 2.28. The van der Waals surface area contributed by atoms with Crippen LogP contribution in [0.3, 0.4) is 0 Å². The molecule has 3 aromatic heterocycles. The molecule has 0 atom stereocenters. The zero-order valence-electron chi connectivity index (χ0n) is 22.5. The van der Waals surface area contributed by atoms with Crippen molar-refractivity contribution in [3.63, 3.8) is 0 Å². The fraction of sp³-hybridized carbons (Fsp3) is 0.0645. The van der Waals surface area contributed by atoms with E-state index < -0.39 is 6.03 Å². The minimum Gasteiger partial charge on any atom is -0.452 e. The van der Waals surface area contributed by atoms with Crippen LogP contribution in [-0.4, -0.2) is 39.4 Å². The number of pyridine rings is 2. The average molecular weight is 561 g/mol. The Morgan fingerprint density at radius 3 is 2.55 bits per heavy atom. The molecule has 3 amide bonds. The van der Waals surface area contributed by atoms with E-state index in [-0.39, 0.29) is 17.4 Å². The Labute approximate surface area is 239 Å². The van der Waals surface area contributed by atoms with Crippen molar-refractivity contribution in [3.05, 3.63) is 108 Å². The van der Waals surface area contributed by atoms with E-state index in [1.54, 1.807) is 60.9 Å². The number of allylic oxidation sites excluding steroid dienone is 1. The molecule has 0 bridgehead atoms. The molecule has 2 aromatic carbocycles. The molecule has 0 radical (unpaired) electrons. The third-order valence-corrected chi connectivity index (χ3v) is 6.67. The Morgan fingerprint density at radius 2 is 1.79 bits per heavy atom. The Kier molecular flexibility index (Phi) is 6.91. The first-order chi connectivity index (χ1) is 20.4. The van der Waals surface area contributed by atoms with Crippen LogP contribution in [0.4, 0.5) is 16.2 Å². The maximum absolute atomic E-state index is 13.4. The number of aromatic nitrogens is 3. The number of anilines is 2. The number of Topliss-reactive ketones (excluding diaryl/α,β-unsaturated/α-hetero) is 1. The van der Waals surface area contributed by atoms with Gasteiger partial charge < -0.3 is 19.9 Å². The molecule has 1 aliphatic heterocycles. The van der Waals surface area contributed by atoms with Crippen LogP contribution in [0.5, 0.6) is 5.75 Å². The molecular formula is C31H24N6O5. The van der Waals surface area contributed by atoms with Crippen molar-refractivity contribution >= 4 is 46.2 Å². The van der Waals surface area contributed by atoms with Crippen molar-refractivity contribution in [3.8, 4) is 16.9 Å². The molecule has 4 heterocycles. The number of ketones is 1. The van der Waals surface area contributed by atoms with E-state index in [2.05, 4.69) is 26.1 Å². The molecule has 1 aliphatic rings. The maximum Gasteiger partial charge on any atom is 0.323 e. The third-order valence-electron chi connectivity index (χ3n) is 6.67.